The van der Waals surface area contributed by atoms with Crippen LogP contribution in [0.5, 0.6) is 0 Å². The highest BCUT2D eigenvalue weighted by molar-refractivity contribution is 7.13. The molecule has 2 aromatic heterocycles. The van der Waals surface area contributed by atoms with Gasteiger partial charge in [-0.05, 0) is 19.1 Å². The molecular formula is C11H13N3OS. The van der Waals surface area contributed by atoms with E-state index in [9.17, 15) is 4.79 Å². The van der Waals surface area contributed by atoms with Crippen molar-refractivity contribution in [3.05, 3.63) is 40.1 Å². The number of nitrogens with one attached hydrogen (secondary N) is 2. The third-order valence-electron chi connectivity index (χ3n) is 2.20. The van der Waals surface area contributed by atoms with E-state index in [0.29, 0.717) is 6.54 Å². The first-order chi connectivity index (χ1) is 7.75. The maximum Gasteiger partial charge on any atom is 0.261 e. The van der Waals surface area contributed by atoms with Crippen LogP contribution in [0.4, 0.5) is 0 Å². The summed E-state index contributed by atoms with van der Waals surface area (Å²) >= 11 is 1.51. The van der Waals surface area contributed by atoms with Gasteiger partial charge in [0.25, 0.3) is 5.91 Å². The number of amides is 1. The first-order valence-electron chi connectivity index (χ1n) is 5.07. The van der Waals surface area contributed by atoms with Gasteiger partial charge in [0.1, 0.15) is 0 Å². The Bertz CT molecular complexity index is 461. The highest BCUT2D eigenvalue weighted by atomic mass is 32.1. The molecule has 2 N–H and O–H groups in total. The quantitative estimate of drug-likeness (QED) is 0.848. The Morgan fingerprint density at radius 1 is 1.56 bits per heavy atom. The molecule has 16 heavy (non-hydrogen) atoms. The number of nitrogens with zero attached hydrogens (tertiary/aromatic N) is 1. The second-order valence-corrected chi connectivity index (χ2v) is 4.78. The first-order valence-corrected chi connectivity index (χ1v) is 5.89. The van der Waals surface area contributed by atoms with E-state index in [2.05, 4.69) is 15.3 Å². The summed E-state index contributed by atoms with van der Waals surface area (Å²) in [6.07, 6.45) is 4.18. The molecule has 0 saturated heterocycles. The van der Waals surface area contributed by atoms with Gasteiger partial charge in [0.15, 0.2) is 0 Å². The minimum absolute atomic E-state index is 0.00221. The van der Waals surface area contributed by atoms with Crippen molar-refractivity contribution in [3.63, 3.8) is 0 Å². The van der Waals surface area contributed by atoms with Gasteiger partial charge < -0.3 is 10.3 Å². The number of H-pyrrole nitrogens is 1. The van der Waals surface area contributed by atoms with Crippen LogP contribution in [0.1, 0.15) is 20.2 Å². The van der Waals surface area contributed by atoms with Gasteiger partial charge in [-0.2, -0.15) is 0 Å². The minimum atomic E-state index is -0.00221. The zero-order valence-electron chi connectivity index (χ0n) is 8.99. The molecule has 4 nitrogen and oxygen atoms in total. The third-order valence-corrected chi connectivity index (χ3v) is 3.20. The number of aryl methyl sites for hydroxylation is 1. The summed E-state index contributed by atoms with van der Waals surface area (Å²) in [5, 5.41) is 2.87. The fraction of sp³-hybridized carbons (Fsp3) is 0.273. The van der Waals surface area contributed by atoms with Crippen LogP contribution in [0.3, 0.4) is 0 Å². The average molecular weight is 235 g/mol. The Morgan fingerprint density at radius 3 is 3.06 bits per heavy atom. The second-order valence-electron chi connectivity index (χ2n) is 3.49. The van der Waals surface area contributed by atoms with Gasteiger partial charge in [0.05, 0.1) is 11.2 Å². The van der Waals surface area contributed by atoms with Gasteiger partial charge in [0.2, 0.25) is 0 Å². The van der Waals surface area contributed by atoms with Crippen LogP contribution >= 0.6 is 11.3 Å². The first kappa shape index (κ1) is 10.9. The van der Waals surface area contributed by atoms with Crippen LogP contribution in [0.15, 0.2) is 24.7 Å². The van der Waals surface area contributed by atoms with Gasteiger partial charge in [-0.15, -0.1) is 11.3 Å². The van der Waals surface area contributed by atoms with E-state index in [1.54, 1.807) is 12.5 Å². The number of aromatic nitrogens is 2. The molecule has 0 aromatic carbocycles. The summed E-state index contributed by atoms with van der Waals surface area (Å²) < 4.78 is 0. The summed E-state index contributed by atoms with van der Waals surface area (Å²) in [5.41, 5.74) is 1.03. The number of carbonyl (C=O) groups is 1. The highest BCUT2D eigenvalue weighted by Gasteiger charge is 2.06. The van der Waals surface area contributed by atoms with Crippen LogP contribution in [0.2, 0.25) is 0 Å². The van der Waals surface area contributed by atoms with E-state index in [-0.39, 0.29) is 5.91 Å². The Labute approximate surface area is 97.7 Å². The normalized spacial score (nSPS) is 10.3. The van der Waals surface area contributed by atoms with Crippen LogP contribution < -0.4 is 5.32 Å². The molecule has 2 heterocycles. The van der Waals surface area contributed by atoms with Crippen LogP contribution in [-0.4, -0.2) is 22.4 Å². The fourth-order valence-electron chi connectivity index (χ4n) is 1.38. The predicted octanol–water partition coefficient (Wildman–Crippen LogP) is 1.75. The molecule has 1 amide bonds. The topological polar surface area (TPSA) is 57.8 Å². The van der Waals surface area contributed by atoms with E-state index in [0.717, 1.165) is 21.9 Å². The van der Waals surface area contributed by atoms with E-state index < -0.39 is 0 Å². The summed E-state index contributed by atoms with van der Waals surface area (Å²) in [4.78, 5) is 20.5. The molecule has 0 radical (unpaired) electrons. The van der Waals surface area contributed by atoms with Crippen LogP contribution in [0, 0.1) is 6.92 Å². The monoisotopic (exact) mass is 235 g/mol. The van der Waals surface area contributed by atoms with E-state index >= 15 is 0 Å². The zero-order chi connectivity index (χ0) is 11.4. The molecule has 0 saturated carbocycles. The standard InChI is InChI=1S/C11H13N3OS/c1-8-2-3-10(16-8)11(15)13-5-4-9-6-12-7-14-9/h2-3,6-7H,4-5H2,1H3,(H,12,14)(H,13,15). The zero-order valence-corrected chi connectivity index (χ0v) is 9.80. The Morgan fingerprint density at radius 2 is 2.44 bits per heavy atom. The van der Waals surface area contributed by atoms with Crippen molar-refractivity contribution >= 4 is 17.2 Å². The van der Waals surface area contributed by atoms with E-state index in [4.69, 9.17) is 0 Å². The average Bonchev–Trinajstić information content (AvgIpc) is 2.89. The summed E-state index contributed by atoms with van der Waals surface area (Å²) in [5.74, 6) is -0.00221. The van der Waals surface area contributed by atoms with E-state index in [1.165, 1.54) is 11.3 Å². The van der Waals surface area contributed by atoms with Crippen molar-refractivity contribution in [3.8, 4) is 0 Å². The molecule has 84 valence electrons. The van der Waals surface area contributed by atoms with Crippen molar-refractivity contribution in [2.45, 2.75) is 13.3 Å². The molecule has 0 aliphatic carbocycles. The van der Waals surface area contributed by atoms with Crippen molar-refractivity contribution in [2.24, 2.45) is 0 Å². The predicted molar refractivity (Wildman–Crippen MR) is 63.7 cm³/mol. The Balaban J connectivity index is 1.80. The summed E-state index contributed by atoms with van der Waals surface area (Å²) in [6.45, 7) is 2.62. The lowest BCUT2D eigenvalue weighted by Gasteiger charge is -2.01. The lowest BCUT2D eigenvalue weighted by atomic mass is 10.3. The second kappa shape index (κ2) is 4.94. The Kier molecular flexibility index (Phi) is 3.36. The molecule has 0 spiro atoms. The van der Waals surface area contributed by atoms with E-state index in [1.807, 2.05) is 19.1 Å². The minimum Gasteiger partial charge on any atom is -0.351 e. The maximum absolute atomic E-state index is 11.7. The number of imidazole rings is 1. The van der Waals surface area contributed by atoms with Gasteiger partial charge in [-0.3, -0.25) is 4.79 Å². The number of thiophene rings is 1. The molecule has 0 fully saturated rings. The molecule has 0 bridgehead atoms. The molecular weight excluding hydrogens is 222 g/mol. The largest absolute Gasteiger partial charge is 0.351 e. The molecule has 0 unspecified atom stereocenters. The Hall–Kier alpha value is -1.62. The SMILES string of the molecule is Cc1ccc(C(=O)NCCc2cnc[nH]2)s1. The number of hydrogen-bond acceptors (Lipinski definition) is 3. The molecule has 2 rings (SSSR count). The third kappa shape index (κ3) is 2.70. The van der Waals surface area contributed by atoms with Gasteiger partial charge >= 0.3 is 0 Å². The van der Waals surface area contributed by atoms with Crippen molar-refractivity contribution < 1.29 is 4.79 Å². The molecule has 2 aromatic rings. The lowest BCUT2D eigenvalue weighted by molar-refractivity contribution is 0.0958. The molecule has 5 heteroatoms. The maximum atomic E-state index is 11.7. The van der Waals surface area contributed by atoms with Crippen molar-refractivity contribution in [2.75, 3.05) is 6.54 Å². The van der Waals surface area contributed by atoms with Crippen molar-refractivity contribution in [1.82, 2.24) is 15.3 Å². The molecule has 0 aliphatic rings. The van der Waals surface area contributed by atoms with Crippen LogP contribution in [0.25, 0.3) is 0 Å². The van der Waals surface area contributed by atoms with Gasteiger partial charge in [0, 0.05) is 29.7 Å². The van der Waals surface area contributed by atoms with Gasteiger partial charge in [-0.1, -0.05) is 0 Å². The molecule has 0 atom stereocenters. The fourth-order valence-corrected chi connectivity index (χ4v) is 2.16. The van der Waals surface area contributed by atoms with Gasteiger partial charge in [-0.25, -0.2) is 4.98 Å². The summed E-state index contributed by atoms with van der Waals surface area (Å²) in [7, 11) is 0. The molecule has 0 aliphatic heterocycles. The number of rotatable bonds is 4. The number of aromatic amines is 1. The number of hydrogen-bond donors (Lipinski definition) is 2. The number of carbonyl (C=O) groups excluding carboxylic acids is 1. The van der Waals surface area contributed by atoms with Crippen molar-refractivity contribution in [1.29, 1.82) is 0 Å². The smallest absolute Gasteiger partial charge is 0.261 e. The summed E-state index contributed by atoms with van der Waals surface area (Å²) in [6, 6.07) is 3.81. The lowest BCUT2D eigenvalue weighted by Crippen LogP contribution is -2.24. The highest BCUT2D eigenvalue weighted by Crippen LogP contribution is 2.14. The van der Waals surface area contributed by atoms with Crippen LogP contribution in [-0.2, 0) is 6.42 Å².